The maximum absolute atomic E-state index is 12.9. The van der Waals surface area contributed by atoms with Crippen LogP contribution >= 0.6 is 31.9 Å². The number of nitrogens with zero attached hydrogens (tertiary/aromatic N) is 1. The van der Waals surface area contributed by atoms with Crippen molar-refractivity contribution in [3.63, 3.8) is 0 Å². The van der Waals surface area contributed by atoms with Crippen LogP contribution in [0, 0.1) is 37.5 Å². The van der Waals surface area contributed by atoms with Crippen LogP contribution < -0.4 is 4.90 Å². The number of anilines is 1. The molecule has 1 saturated heterocycles. The fourth-order valence-corrected chi connectivity index (χ4v) is 6.52. The molecule has 1 aliphatic heterocycles. The van der Waals surface area contributed by atoms with Crippen molar-refractivity contribution in [1.82, 2.24) is 0 Å². The third-order valence-electron chi connectivity index (χ3n) is 5.58. The molecular weight excluding hydrogens is 410 g/mol. The largest absolute Gasteiger partial charge is 0.274 e. The molecular formula is C17H17Br2NO2. The number of fused-ring (bicyclic) bond motifs is 5. The summed E-state index contributed by atoms with van der Waals surface area (Å²) in [6, 6.07) is 5.89. The molecule has 2 saturated carbocycles. The monoisotopic (exact) mass is 425 g/mol. The van der Waals surface area contributed by atoms with Crippen molar-refractivity contribution < 1.29 is 9.59 Å². The van der Waals surface area contributed by atoms with Gasteiger partial charge in [0.05, 0.1) is 17.5 Å². The topological polar surface area (TPSA) is 37.4 Å². The molecule has 4 rings (SSSR count). The van der Waals surface area contributed by atoms with Crippen LogP contribution in [0.1, 0.15) is 17.5 Å². The molecule has 2 aliphatic carbocycles. The standard InChI is InChI=1S/C17H17Br2NO2/c1-7-3-4-11(8(2)5-7)20-16(21)12-9-6-10(13(12)17(20)22)15(19)14(9)18/h3-5,9-10,12-15H,6H2,1-2H3/t9-,10-,12-,13+,14-,15+/m0/s1. The van der Waals surface area contributed by atoms with Gasteiger partial charge in [-0.05, 0) is 43.7 Å². The first-order valence-corrected chi connectivity index (χ1v) is 9.48. The van der Waals surface area contributed by atoms with Gasteiger partial charge in [0.15, 0.2) is 0 Å². The summed E-state index contributed by atoms with van der Waals surface area (Å²) in [6.45, 7) is 3.98. The van der Waals surface area contributed by atoms with Crippen molar-refractivity contribution in [1.29, 1.82) is 0 Å². The smallest absolute Gasteiger partial charge is 0.238 e. The number of alkyl halides is 2. The third-order valence-corrected chi connectivity index (χ3v) is 8.79. The van der Waals surface area contributed by atoms with Gasteiger partial charge in [-0.1, -0.05) is 49.6 Å². The zero-order valence-corrected chi connectivity index (χ0v) is 15.6. The maximum Gasteiger partial charge on any atom is 0.238 e. The summed E-state index contributed by atoms with van der Waals surface area (Å²) in [4.78, 5) is 27.9. The second kappa shape index (κ2) is 4.91. The molecule has 0 aromatic heterocycles. The number of amides is 2. The highest BCUT2D eigenvalue weighted by Crippen LogP contribution is 2.60. The molecule has 22 heavy (non-hydrogen) atoms. The molecule has 0 spiro atoms. The Labute approximate surface area is 146 Å². The Hall–Kier alpha value is -0.680. The predicted octanol–water partition coefficient (Wildman–Crippen LogP) is 3.59. The van der Waals surface area contributed by atoms with E-state index in [1.54, 1.807) is 0 Å². The van der Waals surface area contributed by atoms with E-state index < -0.39 is 0 Å². The lowest BCUT2D eigenvalue weighted by Crippen LogP contribution is -2.37. The second-order valence-corrected chi connectivity index (χ2v) is 8.92. The minimum absolute atomic E-state index is 0.00157. The predicted molar refractivity (Wildman–Crippen MR) is 92.4 cm³/mol. The Bertz CT molecular complexity index is 657. The fraction of sp³-hybridized carbons (Fsp3) is 0.529. The van der Waals surface area contributed by atoms with E-state index in [1.165, 1.54) is 4.90 Å². The van der Waals surface area contributed by atoms with Gasteiger partial charge in [0.1, 0.15) is 0 Å². The van der Waals surface area contributed by atoms with E-state index in [4.69, 9.17) is 0 Å². The Morgan fingerprint density at radius 1 is 1.00 bits per heavy atom. The summed E-state index contributed by atoms with van der Waals surface area (Å²) >= 11 is 7.43. The number of rotatable bonds is 1. The highest BCUT2D eigenvalue weighted by atomic mass is 79.9. The molecule has 0 N–H and O–H groups in total. The Kier molecular flexibility index (Phi) is 3.32. The minimum Gasteiger partial charge on any atom is -0.274 e. The Morgan fingerprint density at radius 2 is 1.55 bits per heavy atom. The SMILES string of the molecule is Cc1ccc(N2C(=O)[C@@H]3[C@@H]4C[C@H]([C@H](Br)[C@@H]4Br)[C@@H]3C2=O)c(C)c1. The summed E-state index contributed by atoms with van der Waals surface area (Å²) in [5.41, 5.74) is 2.88. The lowest BCUT2D eigenvalue weighted by molar-refractivity contribution is -0.123. The molecule has 1 heterocycles. The Morgan fingerprint density at radius 3 is 2.05 bits per heavy atom. The first-order valence-electron chi connectivity index (χ1n) is 7.65. The minimum atomic E-state index is -0.142. The number of benzene rings is 1. The van der Waals surface area contributed by atoms with Crippen molar-refractivity contribution >= 4 is 49.4 Å². The van der Waals surface area contributed by atoms with Crippen LogP contribution in [-0.4, -0.2) is 21.5 Å². The van der Waals surface area contributed by atoms with Gasteiger partial charge in [0.25, 0.3) is 0 Å². The third kappa shape index (κ3) is 1.78. The highest BCUT2D eigenvalue weighted by Gasteiger charge is 2.66. The van der Waals surface area contributed by atoms with Crippen LogP contribution in [0.4, 0.5) is 5.69 Å². The molecule has 6 atom stereocenters. The van der Waals surface area contributed by atoms with E-state index in [2.05, 4.69) is 31.9 Å². The van der Waals surface area contributed by atoms with Crippen molar-refractivity contribution in [2.24, 2.45) is 23.7 Å². The number of carbonyl (C=O) groups is 2. The van der Waals surface area contributed by atoms with Gasteiger partial charge < -0.3 is 0 Å². The zero-order valence-electron chi connectivity index (χ0n) is 12.4. The molecule has 5 heteroatoms. The van der Waals surface area contributed by atoms with E-state index in [1.807, 2.05) is 32.0 Å². The molecule has 2 bridgehead atoms. The lowest BCUT2D eigenvalue weighted by Gasteiger charge is -2.28. The molecule has 2 amide bonds. The van der Waals surface area contributed by atoms with Gasteiger partial charge in [-0.15, -0.1) is 0 Å². The number of imide groups is 1. The van der Waals surface area contributed by atoms with Crippen LogP contribution in [0.2, 0.25) is 0 Å². The molecule has 3 nitrogen and oxygen atoms in total. The zero-order chi connectivity index (χ0) is 15.8. The fourth-order valence-electron chi connectivity index (χ4n) is 4.64. The van der Waals surface area contributed by atoms with Crippen molar-refractivity contribution in [3.8, 4) is 0 Å². The van der Waals surface area contributed by atoms with Gasteiger partial charge in [-0.3, -0.25) is 9.59 Å². The quantitative estimate of drug-likeness (QED) is 0.508. The summed E-state index contributed by atoms with van der Waals surface area (Å²) in [6.07, 6.45) is 0.972. The highest BCUT2D eigenvalue weighted by molar-refractivity contribution is 9.12. The number of halogens is 2. The van der Waals surface area contributed by atoms with E-state index in [0.717, 1.165) is 23.2 Å². The number of aryl methyl sites for hydroxylation is 2. The van der Waals surface area contributed by atoms with Crippen LogP contribution in [0.5, 0.6) is 0 Å². The van der Waals surface area contributed by atoms with Crippen LogP contribution in [0.15, 0.2) is 18.2 Å². The summed E-state index contributed by atoms with van der Waals surface area (Å²) in [5.74, 6) is 0.252. The van der Waals surface area contributed by atoms with Crippen LogP contribution in [0.25, 0.3) is 0 Å². The average Bonchev–Trinajstić information content (AvgIpc) is 3.06. The molecule has 0 radical (unpaired) electrons. The summed E-state index contributed by atoms with van der Waals surface area (Å²) < 4.78 is 0. The molecule has 3 fully saturated rings. The average molecular weight is 427 g/mol. The van der Waals surface area contributed by atoms with Crippen molar-refractivity contribution in [3.05, 3.63) is 29.3 Å². The molecule has 1 aromatic rings. The van der Waals surface area contributed by atoms with Crippen LogP contribution in [0.3, 0.4) is 0 Å². The van der Waals surface area contributed by atoms with Gasteiger partial charge in [0.2, 0.25) is 11.8 Å². The normalized spacial score (nSPS) is 39.7. The Balaban J connectivity index is 1.76. The van der Waals surface area contributed by atoms with Gasteiger partial charge >= 0.3 is 0 Å². The first-order chi connectivity index (χ1) is 10.4. The van der Waals surface area contributed by atoms with E-state index in [-0.39, 0.29) is 45.1 Å². The second-order valence-electron chi connectivity index (χ2n) is 6.81. The molecule has 0 unspecified atom stereocenters. The number of hydrogen-bond donors (Lipinski definition) is 0. The van der Waals surface area contributed by atoms with Gasteiger partial charge in [0, 0.05) is 9.65 Å². The van der Waals surface area contributed by atoms with Crippen molar-refractivity contribution in [2.75, 3.05) is 4.90 Å². The van der Waals surface area contributed by atoms with Gasteiger partial charge in [-0.2, -0.15) is 0 Å². The van der Waals surface area contributed by atoms with E-state index in [0.29, 0.717) is 0 Å². The number of hydrogen-bond acceptors (Lipinski definition) is 2. The molecule has 1 aromatic carbocycles. The van der Waals surface area contributed by atoms with Crippen molar-refractivity contribution in [2.45, 2.75) is 29.9 Å². The molecule has 116 valence electrons. The molecule has 3 aliphatic rings. The summed E-state index contributed by atoms with van der Waals surface area (Å²) in [5, 5.41) is 0. The van der Waals surface area contributed by atoms with E-state index in [9.17, 15) is 9.59 Å². The maximum atomic E-state index is 12.9. The summed E-state index contributed by atoms with van der Waals surface area (Å²) in [7, 11) is 0. The van der Waals surface area contributed by atoms with Gasteiger partial charge in [-0.25, -0.2) is 4.90 Å². The first kappa shape index (κ1) is 14.9. The van der Waals surface area contributed by atoms with Crippen LogP contribution in [-0.2, 0) is 9.59 Å². The lowest BCUT2D eigenvalue weighted by atomic mass is 9.81. The number of carbonyl (C=O) groups excluding carboxylic acids is 2. The van der Waals surface area contributed by atoms with E-state index >= 15 is 0 Å².